The minimum Gasteiger partial charge on any atom is -0.611 e. The van der Waals surface area contributed by atoms with Crippen molar-refractivity contribution in [2.45, 2.75) is 43.2 Å². The van der Waals surface area contributed by atoms with Crippen molar-refractivity contribution in [3.63, 3.8) is 0 Å². The molecule has 0 bridgehead atoms. The van der Waals surface area contributed by atoms with Crippen LogP contribution >= 0.6 is 11.3 Å². The Kier molecular flexibility index (Phi) is 10.0. The van der Waals surface area contributed by atoms with Crippen molar-refractivity contribution in [3.05, 3.63) is 58.3 Å². The van der Waals surface area contributed by atoms with Crippen molar-refractivity contribution in [1.29, 1.82) is 0 Å². The maximum absolute atomic E-state index is 14.0. The molecule has 1 atom stereocenters. The molecule has 3 aromatic heterocycles. The van der Waals surface area contributed by atoms with Gasteiger partial charge in [0.15, 0.2) is 4.90 Å². The Hall–Kier alpha value is -3.49. The second kappa shape index (κ2) is 14.3. The number of pyridine rings is 1. The lowest BCUT2D eigenvalue weighted by atomic mass is 10.0. The number of rotatable bonds is 11. The third-order valence-corrected chi connectivity index (χ3v) is 11.0. The summed E-state index contributed by atoms with van der Waals surface area (Å²) in [5, 5.41) is 9.14. The van der Waals surface area contributed by atoms with Gasteiger partial charge in [0.25, 0.3) is 5.56 Å². The lowest BCUT2D eigenvalue weighted by molar-refractivity contribution is -0.130. The van der Waals surface area contributed by atoms with Gasteiger partial charge in [-0.1, -0.05) is 0 Å². The predicted octanol–water partition coefficient (Wildman–Crippen LogP) is 3.83. The van der Waals surface area contributed by atoms with Gasteiger partial charge in [-0.05, 0) is 80.3 Å². The van der Waals surface area contributed by atoms with Crippen molar-refractivity contribution in [3.8, 4) is 10.4 Å². The highest BCUT2D eigenvalue weighted by atomic mass is 32.2. The van der Waals surface area contributed by atoms with E-state index in [-0.39, 0.29) is 18.0 Å². The summed E-state index contributed by atoms with van der Waals surface area (Å²) in [5.41, 5.74) is 2.46. The van der Waals surface area contributed by atoms with Gasteiger partial charge in [-0.2, -0.15) is 4.98 Å². The van der Waals surface area contributed by atoms with Gasteiger partial charge in [-0.25, -0.2) is 4.98 Å². The number of carbonyl (C=O) groups excluding carboxylic acids is 1. The summed E-state index contributed by atoms with van der Waals surface area (Å²) in [6.07, 6.45) is 5.83. The van der Waals surface area contributed by atoms with Gasteiger partial charge in [-0.3, -0.25) is 14.2 Å². The average molecular weight is 650 g/mol. The molecule has 5 heterocycles. The molecule has 238 valence electrons. The van der Waals surface area contributed by atoms with Crippen LogP contribution in [-0.4, -0.2) is 88.6 Å². The lowest BCUT2D eigenvalue weighted by Gasteiger charge is -2.33. The molecule has 2 aliphatic heterocycles. The molecular formula is C32H39N7O4S2. The number of fused-ring (bicyclic) bond motifs is 1. The third kappa shape index (κ3) is 7.17. The molecule has 0 aliphatic carbocycles. The van der Waals surface area contributed by atoms with Crippen LogP contribution < -0.4 is 21.1 Å². The van der Waals surface area contributed by atoms with Gasteiger partial charge in [0.05, 0.1) is 12.2 Å². The number of thiophene rings is 1. The number of aromatic nitrogens is 3. The Bertz CT molecular complexity index is 1680. The monoisotopic (exact) mass is 649 g/mol. The molecule has 2 saturated heterocycles. The van der Waals surface area contributed by atoms with Crippen LogP contribution in [0.5, 0.6) is 0 Å². The van der Waals surface area contributed by atoms with Crippen molar-refractivity contribution in [2.75, 3.05) is 62.9 Å². The van der Waals surface area contributed by atoms with Crippen LogP contribution in [0.4, 0.5) is 17.3 Å². The summed E-state index contributed by atoms with van der Waals surface area (Å²) in [6, 6.07) is 12.2. The molecular weight excluding hydrogens is 611 g/mol. The molecule has 0 radical (unpaired) electrons. The molecule has 45 heavy (non-hydrogen) atoms. The summed E-state index contributed by atoms with van der Waals surface area (Å²) in [4.78, 5) is 42.0. The van der Waals surface area contributed by atoms with E-state index in [1.807, 2.05) is 17.5 Å². The lowest BCUT2D eigenvalue weighted by Crippen LogP contribution is -2.41. The number of nitrogens with zero attached hydrogens (tertiary/aromatic N) is 5. The number of piperidine rings is 1. The summed E-state index contributed by atoms with van der Waals surface area (Å²) in [7, 11) is 3.71. The van der Waals surface area contributed by atoms with E-state index in [2.05, 4.69) is 39.7 Å². The highest BCUT2D eigenvalue weighted by Gasteiger charge is 2.23. The molecule has 2 N–H and O–H groups in total. The van der Waals surface area contributed by atoms with E-state index in [1.165, 1.54) is 15.9 Å². The highest BCUT2D eigenvalue weighted by molar-refractivity contribution is 7.91. The van der Waals surface area contributed by atoms with E-state index in [1.54, 1.807) is 30.3 Å². The van der Waals surface area contributed by atoms with Crippen molar-refractivity contribution in [1.82, 2.24) is 24.8 Å². The fraction of sp³-hybridized carbons (Fsp3) is 0.438. The Morgan fingerprint density at radius 2 is 1.96 bits per heavy atom. The predicted molar refractivity (Wildman–Crippen MR) is 180 cm³/mol. The molecule has 2 fully saturated rings. The second-order valence-corrected chi connectivity index (χ2v) is 13.9. The summed E-state index contributed by atoms with van der Waals surface area (Å²) >= 11 is 0.118. The molecule has 1 amide bonds. The van der Waals surface area contributed by atoms with Crippen LogP contribution in [0.2, 0.25) is 0 Å². The van der Waals surface area contributed by atoms with E-state index < -0.39 is 11.2 Å². The fourth-order valence-electron chi connectivity index (χ4n) is 5.91. The minimum atomic E-state index is -1.24. The largest absolute Gasteiger partial charge is 0.611 e. The van der Waals surface area contributed by atoms with Gasteiger partial charge in [-0.15, -0.1) is 11.3 Å². The topological polar surface area (TPSA) is 128 Å². The first kappa shape index (κ1) is 31.5. The molecule has 11 nitrogen and oxygen atoms in total. The van der Waals surface area contributed by atoms with Gasteiger partial charge in [0.2, 0.25) is 11.9 Å². The van der Waals surface area contributed by atoms with Crippen LogP contribution in [-0.2, 0) is 27.3 Å². The number of likely N-dealkylation sites (tertiary alicyclic amines) is 1. The molecule has 4 aromatic rings. The van der Waals surface area contributed by atoms with E-state index in [4.69, 9.17) is 9.72 Å². The van der Waals surface area contributed by atoms with Gasteiger partial charge in [0.1, 0.15) is 17.9 Å². The van der Waals surface area contributed by atoms with Crippen LogP contribution in [0.25, 0.3) is 21.5 Å². The van der Waals surface area contributed by atoms with E-state index >= 15 is 0 Å². The van der Waals surface area contributed by atoms with Gasteiger partial charge in [0, 0.05) is 72.6 Å². The first-order valence-electron chi connectivity index (χ1n) is 15.4. The van der Waals surface area contributed by atoms with E-state index in [0.717, 1.165) is 50.1 Å². The van der Waals surface area contributed by atoms with Gasteiger partial charge < -0.3 is 29.7 Å². The van der Waals surface area contributed by atoms with E-state index in [0.29, 0.717) is 63.8 Å². The number of hydrogen-bond donors (Lipinski definition) is 2. The molecule has 13 heteroatoms. The number of ether oxygens (including phenoxy) is 1. The average Bonchev–Trinajstić information content (AvgIpc) is 3.79. The zero-order valence-corrected chi connectivity index (χ0v) is 27.3. The van der Waals surface area contributed by atoms with Crippen LogP contribution in [0.1, 0.15) is 25.7 Å². The number of hydrogen-bond acceptors (Lipinski definition) is 10. The molecule has 1 aromatic carbocycles. The summed E-state index contributed by atoms with van der Waals surface area (Å²) in [5.74, 6) is 0.603. The molecule has 6 rings (SSSR count). The maximum atomic E-state index is 14.0. The maximum Gasteiger partial charge on any atom is 0.261 e. The number of methoxy groups -OCH3 is 1. The zero-order chi connectivity index (χ0) is 31.3. The second-order valence-electron chi connectivity index (χ2n) is 11.5. The molecule has 2 aliphatic rings. The van der Waals surface area contributed by atoms with Crippen LogP contribution in [0.15, 0.2) is 57.7 Å². The highest BCUT2D eigenvalue weighted by Crippen LogP contribution is 2.30. The summed E-state index contributed by atoms with van der Waals surface area (Å²) in [6.45, 7) is 3.72. The van der Waals surface area contributed by atoms with Crippen LogP contribution in [0.3, 0.4) is 0 Å². The molecule has 1 unspecified atom stereocenters. The first-order chi connectivity index (χ1) is 21.9. The van der Waals surface area contributed by atoms with Crippen molar-refractivity contribution in [2.24, 2.45) is 0 Å². The molecule has 0 spiro atoms. The van der Waals surface area contributed by atoms with Crippen molar-refractivity contribution < 1.29 is 14.1 Å². The van der Waals surface area contributed by atoms with E-state index in [9.17, 15) is 14.1 Å². The zero-order valence-electron chi connectivity index (χ0n) is 25.7. The SMILES string of the molecule is COCC[S+]([O-])c1csc(-c2cc3cnc(Nc4ccc(N(C)C5CCNCC5)cc4)nc3n(CC(=O)N3CCCC3)c2=O)c1. The summed E-state index contributed by atoms with van der Waals surface area (Å²) < 4.78 is 19.2. The van der Waals surface area contributed by atoms with Gasteiger partial charge >= 0.3 is 0 Å². The number of amides is 1. The number of anilines is 3. The number of benzene rings is 1. The molecule has 0 saturated carbocycles. The minimum absolute atomic E-state index is 0.109. The first-order valence-corrected chi connectivity index (χ1v) is 17.6. The third-order valence-electron chi connectivity index (χ3n) is 8.54. The Labute approximate surface area is 269 Å². The van der Waals surface area contributed by atoms with Crippen molar-refractivity contribution >= 4 is 56.8 Å². The smallest absolute Gasteiger partial charge is 0.261 e. The Morgan fingerprint density at radius 1 is 1.20 bits per heavy atom. The number of nitrogens with one attached hydrogen (secondary N) is 2. The standard InChI is InChI=1S/C32H39N7O4S2/c1-37(25-9-11-33-12-10-25)24-7-5-23(6-8-24)35-32-34-19-22-17-27(28-18-26(21-44-28)45(42)16-15-43-2)31(41)39(30(22)36-32)20-29(40)38-13-3-4-14-38/h5-8,17-19,21,25,33H,3-4,9-16,20H2,1-2H3,(H,34,35,36). The fourth-order valence-corrected chi connectivity index (χ4v) is 8.14. The Morgan fingerprint density at radius 3 is 2.69 bits per heavy atom. The van der Waals surface area contributed by atoms with Crippen LogP contribution in [0, 0.1) is 0 Å². The normalized spacial score (nSPS) is 16.3. The Balaban J connectivity index is 1.30. The number of carbonyl (C=O) groups is 1. The quantitative estimate of drug-likeness (QED) is 0.233.